The van der Waals surface area contributed by atoms with Crippen LogP contribution in [0.15, 0.2) is 24.7 Å². The largest absolute Gasteiger partial charge is 0.351 e. The highest BCUT2D eigenvalue weighted by atomic mass is 16.7. The van der Waals surface area contributed by atoms with Crippen LogP contribution in [0.3, 0.4) is 0 Å². The topological polar surface area (TPSA) is 111 Å². The number of rotatable bonds is 11. The van der Waals surface area contributed by atoms with E-state index >= 15 is 0 Å². The van der Waals surface area contributed by atoms with Crippen LogP contribution in [0.1, 0.15) is 24.3 Å². The quantitative estimate of drug-likeness (QED) is 0.505. The van der Waals surface area contributed by atoms with E-state index in [0.717, 1.165) is 38.7 Å². The van der Waals surface area contributed by atoms with Gasteiger partial charge in [-0.1, -0.05) is 5.21 Å². The van der Waals surface area contributed by atoms with Crippen LogP contribution in [-0.2, 0) is 16.0 Å². The van der Waals surface area contributed by atoms with Gasteiger partial charge in [0.05, 0.1) is 12.7 Å². The molecule has 3 rings (SSSR count). The maximum absolute atomic E-state index is 12.3. The monoisotopic (exact) mass is 418 g/mol. The lowest BCUT2D eigenvalue weighted by Gasteiger charge is -2.34. The third-order valence-electron chi connectivity index (χ3n) is 4.73. The number of piperazine rings is 1. The fraction of sp³-hybridized carbons (Fsp3) is 0.632. The van der Waals surface area contributed by atoms with E-state index in [4.69, 9.17) is 9.47 Å². The Morgan fingerprint density at radius 2 is 1.83 bits per heavy atom. The van der Waals surface area contributed by atoms with Crippen molar-refractivity contribution in [3.63, 3.8) is 0 Å². The van der Waals surface area contributed by atoms with Gasteiger partial charge in [-0.25, -0.2) is 14.6 Å². The van der Waals surface area contributed by atoms with E-state index in [9.17, 15) is 4.79 Å². The minimum absolute atomic E-state index is 0.234. The molecule has 2 aromatic heterocycles. The number of carbonyl (C=O) groups excluding carboxylic acids is 1. The smallest absolute Gasteiger partial charge is 0.273 e. The maximum Gasteiger partial charge on any atom is 0.273 e. The molecule has 1 amide bonds. The number of carbonyl (C=O) groups is 1. The fourth-order valence-corrected chi connectivity index (χ4v) is 3.21. The summed E-state index contributed by atoms with van der Waals surface area (Å²) in [6, 6.07) is 1.82. The SMILES string of the molecule is CCOC(Cn1cc(C(=O)NCCN2CCN(c3ncccn3)CC2)nn1)OCC. The van der Waals surface area contributed by atoms with Gasteiger partial charge in [0, 0.05) is 64.9 Å². The summed E-state index contributed by atoms with van der Waals surface area (Å²) < 4.78 is 12.6. The number of ether oxygens (including phenoxy) is 2. The van der Waals surface area contributed by atoms with E-state index in [1.807, 2.05) is 19.9 Å². The zero-order valence-electron chi connectivity index (χ0n) is 17.6. The average Bonchev–Trinajstić information content (AvgIpc) is 3.24. The number of hydrogen-bond acceptors (Lipinski definition) is 9. The van der Waals surface area contributed by atoms with Crippen molar-refractivity contribution in [3.05, 3.63) is 30.4 Å². The Balaban J connectivity index is 1.37. The Labute approximate surface area is 176 Å². The van der Waals surface area contributed by atoms with Crippen LogP contribution in [0.4, 0.5) is 5.95 Å². The molecule has 3 heterocycles. The zero-order valence-corrected chi connectivity index (χ0v) is 17.6. The molecule has 0 bridgehead atoms. The standard InChI is InChI=1S/C19H30N8O3/c1-3-29-17(30-4-2)15-27-14-16(23-24-27)18(28)20-8-9-25-10-12-26(13-11-25)19-21-6-5-7-22-19/h5-7,14,17H,3-4,8-13,15H2,1-2H3,(H,20,28). The van der Waals surface area contributed by atoms with E-state index in [2.05, 4.69) is 35.4 Å². The summed E-state index contributed by atoms with van der Waals surface area (Å²) in [5.74, 6) is 0.534. The molecule has 0 aromatic carbocycles. The molecule has 0 aliphatic carbocycles. The zero-order chi connectivity index (χ0) is 21.2. The molecule has 11 heteroatoms. The van der Waals surface area contributed by atoms with Gasteiger partial charge in [0.1, 0.15) is 0 Å². The molecule has 30 heavy (non-hydrogen) atoms. The Kier molecular flexibility index (Phi) is 8.48. The van der Waals surface area contributed by atoms with Crippen molar-refractivity contribution < 1.29 is 14.3 Å². The van der Waals surface area contributed by atoms with Gasteiger partial charge in [0.15, 0.2) is 12.0 Å². The first-order valence-corrected chi connectivity index (χ1v) is 10.4. The minimum atomic E-state index is -0.405. The summed E-state index contributed by atoms with van der Waals surface area (Å²) in [7, 11) is 0. The molecule has 0 unspecified atom stereocenters. The average molecular weight is 419 g/mol. The summed E-state index contributed by atoms with van der Waals surface area (Å²) in [5, 5.41) is 10.9. The molecule has 1 aliphatic heterocycles. The lowest BCUT2D eigenvalue weighted by molar-refractivity contribution is -0.145. The van der Waals surface area contributed by atoms with Gasteiger partial charge in [-0.2, -0.15) is 0 Å². The van der Waals surface area contributed by atoms with E-state index in [0.29, 0.717) is 26.3 Å². The predicted molar refractivity (Wildman–Crippen MR) is 110 cm³/mol. The molecule has 11 nitrogen and oxygen atoms in total. The third-order valence-corrected chi connectivity index (χ3v) is 4.73. The van der Waals surface area contributed by atoms with E-state index in [1.54, 1.807) is 23.3 Å². The van der Waals surface area contributed by atoms with Crippen molar-refractivity contribution in [3.8, 4) is 0 Å². The first-order chi connectivity index (χ1) is 14.7. The molecule has 1 saturated heterocycles. The van der Waals surface area contributed by atoms with Crippen LogP contribution in [0.5, 0.6) is 0 Å². The molecule has 1 fully saturated rings. The first kappa shape index (κ1) is 22.1. The highest BCUT2D eigenvalue weighted by Gasteiger charge is 2.19. The minimum Gasteiger partial charge on any atom is -0.351 e. The number of hydrogen-bond donors (Lipinski definition) is 1. The van der Waals surface area contributed by atoms with Crippen LogP contribution < -0.4 is 10.2 Å². The van der Waals surface area contributed by atoms with Crippen LogP contribution in [0, 0.1) is 0 Å². The molecule has 1 N–H and O–H groups in total. The summed E-state index contributed by atoms with van der Waals surface area (Å²) in [4.78, 5) is 25.4. The van der Waals surface area contributed by atoms with E-state index in [1.165, 1.54) is 0 Å². The molecular weight excluding hydrogens is 388 g/mol. The van der Waals surface area contributed by atoms with Crippen molar-refractivity contribution in [1.29, 1.82) is 0 Å². The lowest BCUT2D eigenvalue weighted by Crippen LogP contribution is -2.49. The van der Waals surface area contributed by atoms with Crippen molar-refractivity contribution in [2.24, 2.45) is 0 Å². The molecule has 164 valence electrons. The highest BCUT2D eigenvalue weighted by Crippen LogP contribution is 2.09. The first-order valence-electron chi connectivity index (χ1n) is 10.4. The molecule has 2 aromatic rings. The Bertz CT molecular complexity index is 758. The van der Waals surface area contributed by atoms with Crippen LogP contribution in [-0.4, -0.2) is 94.5 Å². The van der Waals surface area contributed by atoms with Crippen molar-refractivity contribution in [2.75, 3.05) is 57.4 Å². The number of nitrogens with zero attached hydrogens (tertiary/aromatic N) is 7. The molecule has 0 radical (unpaired) electrons. The number of nitrogens with one attached hydrogen (secondary N) is 1. The van der Waals surface area contributed by atoms with Gasteiger partial charge in [-0.3, -0.25) is 9.69 Å². The van der Waals surface area contributed by atoms with Crippen LogP contribution in [0.2, 0.25) is 0 Å². The van der Waals surface area contributed by atoms with E-state index < -0.39 is 6.29 Å². The van der Waals surface area contributed by atoms with Gasteiger partial charge in [-0.15, -0.1) is 5.10 Å². The summed E-state index contributed by atoms with van der Waals surface area (Å²) in [6.45, 7) is 10.1. The molecule has 0 spiro atoms. The predicted octanol–water partition coefficient (Wildman–Crippen LogP) is 0.0192. The van der Waals surface area contributed by atoms with Crippen molar-refractivity contribution in [1.82, 2.24) is 35.2 Å². The summed E-state index contributed by atoms with van der Waals surface area (Å²) in [5.41, 5.74) is 0.285. The Hall–Kier alpha value is -2.63. The normalized spacial score (nSPS) is 15.0. The second kappa shape index (κ2) is 11.5. The van der Waals surface area contributed by atoms with Crippen molar-refractivity contribution in [2.45, 2.75) is 26.7 Å². The Morgan fingerprint density at radius 3 is 2.50 bits per heavy atom. The lowest BCUT2D eigenvalue weighted by atomic mass is 10.3. The highest BCUT2D eigenvalue weighted by molar-refractivity contribution is 5.91. The number of anilines is 1. The fourth-order valence-electron chi connectivity index (χ4n) is 3.21. The molecule has 1 aliphatic rings. The van der Waals surface area contributed by atoms with Gasteiger partial charge in [0.2, 0.25) is 5.95 Å². The van der Waals surface area contributed by atoms with Gasteiger partial charge >= 0.3 is 0 Å². The molecule has 0 saturated carbocycles. The van der Waals surface area contributed by atoms with Crippen LogP contribution >= 0.6 is 0 Å². The number of amides is 1. The summed E-state index contributed by atoms with van der Waals surface area (Å²) in [6.07, 6.45) is 4.72. The van der Waals surface area contributed by atoms with Gasteiger partial charge in [-0.05, 0) is 19.9 Å². The van der Waals surface area contributed by atoms with E-state index in [-0.39, 0.29) is 11.6 Å². The van der Waals surface area contributed by atoms with Gasteiger partial charge < -0.3 is 19.7 Å². The summed E-state index contributed by atoms with van der Waals surface area (Å²) >= 11 is 0. The van der Waals surface area contributed by atoms with Gasteiger partial charge in [0.25, 0.3) is 5.91 Å². The second-order valence-electron chi connectivity index (χ2n) is 6.80. The van der Waals surface area contributed by atoms with Crippen LogP contribution in [0.25, 0.3) is 0 Å². The van der Waals surface area contributed by atoms with Crippen molar-refractivity contribution >= 4 is 11.9 Å². The molecular formula is C19H30N8O3. The Morgan fingerprint density at radius 1 is 1.13 bits per heavy atom. The third kappa shape index (κ3) is 6.44. The molecule has 0 atom stereocenters. The maximum atomic E-state index is 12.3. The number of aromatic nitrogens is 5. The second-order valence-corrected chi connectivity index (χ2v) is 6.80.